The average Bonchev–Trinajstić information content (AvgIpc) is 3.89. The van der Waals surface area contributed by atoms with Gasteiger partial charge >= 0.3 is 0 Å². The van der Waals surface area contributed by atoms with Crippen molar-refractivity contribution in [2.24, 2.45) is 0 Å². The van der Waals surface area contributed by atoms with Crippen molar-refractivity contribution in [2.45, 2.75) is 39.2 Å². The topological polar surface area (TPSA) is 46.8 Å². The highest BCUT2D eigenvalue weighted by Gasteiger charge is 2.46. The maximum absolute atomic E-state index is 5.27. The zero-order valence-corrected chi connectivity index (χ0v) is 40.8. The van der Waals surface area contributed by atoms with Crippen LogP contribution in [0.4, 0.5) is 11.4 Å². The summed E-state index contributed by atoms with van der Waals surface area (Å²) < 4.78 is 2.52. The molecule has 11 aromatic rings. The van der Waals surface area contributed by atoms with Crippen LogP contribution in [0.25, 0.3) is 95.0 Å². The van der Waals surface area contributed by atoms with Gasteiger partial charge in [0.25, 0.3) is 0 Å². The van der Waals surface area contributed by atoms with Gasteiger partial charge < -0.3 is 9.47 Å². The summed E-state index contributed by atoms with van der Waals surface area (Å²) in [5, 5.41) is 2.38. The maximum atomic E-state index is 5.27. The Bertz CT molecular complexity index is 3820. The second-order valence-corrected chi connectivity index (χ2v) is 19.6. The predicted octanol–water partition coefficient (Wildman–Crippen LogP) is 16.8. The summed E-state index contributed by atoms with van der Waals surface area (Å²) in [6.45, 7) is 9.05. The van der Waals surface area contributed by atoms with Gasteiger partial charge in [-0.2, -0.15) is 0 Å². The molecule has 0 saturated carbocycles. The van der Waals surface area contributed by atoms with Gasteiger partial charge in [0.2, 0.25) is 0 Å². The monoisotopic (exact) mass is 925 g/mol. The molecular weight excluding hydrogens is 875 g/mol. The Morgan fingerprint density at radius 1 is 0.444 bits per heavy atom. The third kappa shape index (κ3) is 7.11. The number of benzene rings is 9. The minimum atomic E-state index is -0.166. The SMILES string of the molecule is Cc1cc(C)c(-c2ccc3c(c2)c2cc(N4c5ccccc5C5(C)C=CC=CC45)ccc2n3-c2c(-c3ccccc3)cc(-c3nc(-c4ccccc4)nc(-c4ccccc4)n3)cc2-c2ccccc2)c(C)c1. The van der Waals surface area contributed by atoms with E-state index in [-0.39, 0.29) is 11.5 Å². The first-order valence-electron chi connectivity index (χ1n) is 24.9. The Kier molecular flexibility index (Phi) is 10.3. The largest absolute Gasteiger partial charge is 0.333 e. The van der Waals surface area contributed by atoms with Crippen molar-refractivity contribution < 1.29 is 0 Å². The molecule has 2 aromatic heterocycles. The number of allylic oxidation sites excluding steroid dienone is 2. The summed E-state index contributed by atoms with van der Waals surface area (Å²) in [5.74, 6) is 1.85. The molecule has 5 heteroatoms. The molecule has 2 atom stereocenters. The third-order valence-corrected chi connectivity index (χ3v) is 14.9. The summed E-state index contributed by atoms with van der Waals surface area (Å²) >= 11 is 0. The molecule has 3 heterocycles. The summed E-state index contributed by atoms with van der Waals surface area (Å²) in [7, 11) is 0. The van der Waals surface area contributed by atoms with Gasteiger partial charge in [0, 0.05) is 55.4 Å². The molecule has 0 N–H and O–H groups in total. The Morgan fingerprint density at radius 3 is 1.53 bits per heavy atom. The smallest absolute Gasteiger partial charge is 0.164 e. The van der Waals surface area contributed by atoms with Gasteiger partial charge in [-0.05, 0) is 115 Å². The van der Waals surface area contributed by atoms with Crippen molar-refractivity contribution in [1.29, 1.82) is 0 Å². The lowest BCUT2D eigenvalue weighted by Crippen LogP contribution is -2.39. The van der Waals surface area contributed by atoms with Gasteiger partial charge in [-0.25, -0.2) is 15.0 Å². The van der Waals surface area contributed by atoms with Crippen LogP contribution in [0.5, 0.6) is 0 Å². The maximum Gasteiger partial charge on any atom is 0.164 e. The van der Waals surface area contributed by atoms with Gasteiger partial charge in [0.15, 0.2) is 17.5 Å². The van der Waals surface area contributed by atoms with E-state index in [1.54, 1.807) is 0 Å². The quantitative estimate of drug-likeness (QED) is 0.152. The molecule has 0 saturated heterocycles. The highest BCUT2D eigenvalue weighted by atomic mass is 15.2. The lowest BCUT2D eigenvalue weighted by molar-refractivity contribution is 0.551. The first-order valence-corrected chi connectivity index (χ1v) is 24.9. The van der Waals surface area contributed by atoms with Crippen molar-refractivity contribution in [1.82, 2.24) is 19.5 Å². The third-order valence-electron chi connectivity index (χ3n) is 14.9. The van der Waals surface area contributed by atoms with Crippen molar-refractivity contribution in [3.8, 4) is 73.2 Å². The number of fused-ring (bicyclic) bond motifs is 6. The van der Waals surface area contributed by atoms with E-state index in [2.05, 4.69) is 231 Å². The van der Waals surface area contributed by atoms with Crippen LogP contribution in [0.2, 0.25) is 0 Å². The van der Waals surface area contributed by atoms with E-state index in [0.717, 1.165) is 61.4 Å². The van der Waals surface area contributed by atoms with Crippen molar-refractivity contribution in [2.75, 3.05) is 4.90 Å². The Balaban J connectivity index is 1.12. The number of para-hydroxylation sites is 1. The van der Waals surface area contributed by atoms with Gasteiger partial charge in [-0.1, -0.05) is 188 Å². The molecule has 1 aliphatic carbocycles. The fourth-order valence-electron chi connectivity index (χ4n) is 11.7. The summed E-state index contributed by atoms with van der Waals surface area (Å²) in [4.78, 5) is 18.2. The number of aryl methyl sites for hydroxylation is 3. The van der Waals surface area contributed by atoms with E-state index in [1.165, 1.54) is 49.8 Å². The number of aromatic nitrogens is 4. The predicted molar refractivity (Wildman–Crippen MR) is 299 cm³/mol. The molecule has 0 bridgehead atoms. The van der Waals surface area contributed by atoms with E-state index in [9.17, 15) is 0 Å². The Morgan fingerprint density at radius 2 is 0.944 bits per heavy atom. The zero-order chi connectivity index (χ0) is 48.5. The van der Waals surface area contributed by atoms with E-state index >= 15 is 0 Å². The number of nitrogens with zero attached hydrogens (tertiary/aromatic N) is 5. The molecule has 0 amide bonds. The molecule has 1 aliphatic heterocycles. The van der Waals surface area contributed by atoms with Crippen molar-refractivity contribution in [3.63, 3.8) is 0 Å². The normalized spacial score (nSPS) is 15.8. The molecular formula is C67H51N5. The van der Waals surface area contributed by atoms with Gasteiger partial charge in [-0.3, -0.25) is 0 Å². The molecule has 0 fully saturated rings. The molecule has 344 valence electrons. The molecule has 0 radical (unpaired) electrons. The van der Waals surface area contributed by atoms with Crippen LogP contribution in [-0.4, -0.2) is 25.6 Å². The van der Waals surface area contributed by atoms with Gasteiger partial charge in [0.05, 0.1) is 22.8 Å². The van der Waals surface area contributed by atoms with Crippen LogP contribution in [-0.2, 0) is 5.41 Å². The summed E-state index contributed by atoms with van der Waals surface area (Å²) in [6, 6.07) is 74.5. The Labute approximate surface area is 420 Å². The number of anilines is 2. The fraction of sp³-hybridized carbons (Fsp3) is 0.0896. The first-order chi connectivity index (χ1) is 35.3. The van der Waals surface area contributed by atoms with E-state index in [1.807, 2.05) is 36.4 Å². The second-order valence-electron chi connectivity index (χ2n) is 19.6. The number of rotatable bonds is 8. The minimum Gasteiger partial charge on any atom is -0.333 e. The van der Waals surface area contributed by atoms with E-state index < -0.39 is 0 Å². The van der Waals surface area contributed by atoms with Crippen LogP contribution >= 0.6 is 0 Å². The lowest BCUT2D eigenvalue weighted by Gasteiger charge is -2.34. The highest BCUT2D eigenvalue weighted by molar-refractivity contribution is 6.13. The second kappa shape index (κ2) is 17.2. The summed E-state index contributed by atoms with van der Waals surface area (Å²) in [5.41, 5.74) is 20.3. The van der Waals surface area contributed by atoms with Crippen LogP contribution < -0.4 is 4.90 Å². The zero-order valence-electron chi connectivity index (χ0n) is 40.8. The van der Waals surface area contributed by atoms with Crippen molar-refractivity contribution in [3.05, 3.63) is 253 Å². The molecule has 13 rings (SSSR count). The fourth-order valence-corrected chi connectivity index (χ4v) is 11.7. The highest BCUT2D eigenvalue weighted by Crippen LogP contribution is 2.52. The van der Waals surface area contributed by atoms with E-state index in [0.29, 0.717) is 17.5 Å². The molecule has 2 unspecified atom stereocenters. The van der Waals surface area contributed by atoms with Crippen LogP contribution in [0.3, 0.4) is 0 Å². The molecule has 2 aliphatic rings. The number of hydrogen-bond acceptors (Lipinski definition) is 4. The van der Waals surface area contributed by atoms with Gasteiger partial charge in [-0.15, -0.1) is 0 Å². The number of hydrogen-bond donors (Lipinski definition) is 0. The summed E-state index contributed by atoms with van der Waals surface area (Å²) in [6.07, 6.45) is 9.15. The van der Waals surface area contributed by atoms with Crippen LogP contribution in [0, 0.1) is 20.8 Å². The minimum absolute atomic E-state index is 0.126. The van der Waals surface area contributed by atoms with Crippen LogP contribution in [0.15, 0.2) is 231 Å². The standard InChI is InChI=1S/C67H51N5/c1-43-37-44(2)62(45(3)38-43)50-32-34-58-55(39-50)56-42-52(71-60-30-18-17-29-57(60)67(4)36-20-19-31-61(67)71)33-35-59(56)72(58)63-53(46-21-9-5-10-22-46)40-51(41-54(63)47-23-11-6-12-24-47)66-69-64(48-25-13-7-14-26-48)68-65(70-66)49-27-15-8-16-28-49/h5-42,61H,1-4H3. The molecule has 5 nitrogen and oxygen atoms in total. The molecule has 0 spiro atoms. The Hall–Kier alpha value is -8.93. The van der Waals surface area contributed by atoms with Crippen LogP contribution in [0.1, 0.15) is 29.2 Å². The molecule has 9 aromatic carbocycles. The van der Waals surface area contributed by atoms with Crippen molar-refractivity contribution >= 4 is 33.2 Å². The molecule has 72 heavy (non-hydrogen) atoms. The first kappa shape index (κ1) is 43.1. The average molecular weight is 926 g/mol. The van der Waals surface area contributed by atoms with E-state index in [4.69, 9.17) is 15.0 Å². The lowest BCUT2D eigenvalue weighted by atomic mass is 9.76. The van der Waals surface area contributed by atoms with Gasteiger partial charge in [0.1, 0.15) is 0 Å².